The number of nitrogens with zero attached hydrogens (tertiary/aromatic N) is 2. The molecule has 0 unspecified atom stereocenters. The van der Waals surface area contributed by atoms with Gasteiger partial charge < -0.3 is 0 Å². The Balaban J connectivity index is 2.35. The average molecular weight is 329 g/mol. The molecule has 4 nitrogen and oxygen atoms in total. The molecule has 0 atom stereocenters. The van der Waals surface area contributed by atoms with E-state index in [1.165, 1.54) is 16.7 Å². The summed E-state index contributed by atoms with van der Waals surface area (Å²) in [6.07, 6.45) is 0. The number of thioether (sulfide) groups is 1. The first-order chi connectivity index (χ1) is 9.38. The highest BCUT2D eigenvalue weighted by molar-refractivity contribution is 8.14. The predicted molar refractivity (Wildman–Crippen MR) is 80.9 cm³/mol. The van der Waals surface area contributed by atoms with Crippen LogP contribution in [0.2, 0.25) is 10.0 Å². The molecule has 0 aliphatic rings. The summed E-state index contributed by atoms with van der Waals surface area (Å²) in [7, 11) is 1.56. The van der Waals surface area contributed by atoms with Crippen LogP contribution in [0.25, 0.3) is 0 Å². The van der Waals surface area contributed by atoms with Crippen LogP contribution in [0, 0.1) is 6.92 Å². The second-order valence-electron chi connectivity index (χ2n) is 4.09. The normalized spacial score (nSPS) is 10.6. The van der Waals surface area contributed by atoms with Gasteiger partial charge in [-0.25, -0.2) is 4.98 Å². The van der Waals surface area contributed by atoms with E-state index in [0.717, 1.165) is 11.8 Å². The molecule has 0 bridgehead atoms. The Kier molecular flexibility index (Phi) is 4.52. The van der Waals surface area contributed by atoms with Crippen LogP contribution in [-0.4, -0.2) is 14.7 Å². The molecule has 0 amide bonds. The number of benzene rings is 1. The van der Waals surface area contributed by atoms with E-state index >= 15 is 0 Å². The van der Waals surface area contributed by atoms with Gasteiger partial charge in [-0.1, -0.05) is 23.2 Å². The van der Waals surface area contributed by atoms with Crippen LogP contribution < -0.4 is 5.56 Å². The second kappa shape index (κ2) is 5.99. The fourth-order valence-electron chi connectivity index (χ4n) is 1.51. The molecule has 0 saturated carbocycles. The van der Waals surface area contributed by atoms with Crippen LogP contribution in [0.4, 0.5) is 0 Å². The summed E-state index contributed by atoms with van der Waals surface area (Å²) in [5.74, 6) is 0. The van der Waals surface area contributed by atoms with Crippen molar-refractivity contribution in [2.45, 2.75) is 12.1 Å². The van der Waals surface area contributed by atoms with Crippen molar-refractivity contribution in [3.8, 4) is 0 Å². The van der Waals surface area contributed by atoms with Gasteiger partial charge in [-0.05, 0) is 36.9 Å². The highest BCUT2D eigenvalue weighted by Gasteiger charge is 2.15. The molecule has 0 radical (unpaired) electrons. The summed E-state index contributed by atoms with van der Waals surface area (Å²) in [5.41, 5.74) is 0.678. The molecule has 7 heteroatoms. The third kappa shape index (κ3) is 3.23. The number of halogens is 2. The van der Waals surface area contributed by atoms with Crippen LogP contribution in [0.15, 0.2) is 34.2 Å². The van der Waals surface area contributed by atoms with Gasteiger partial charge in [0.1, 0.15) is 0 Å². The van der Waals surface area contributed by atoms with E-state index in [2.05, 4.69) is 4.98 Å². The lowest BCUT2D eigenvalue weighted by atomic mass is 10.2. The molecule has 0 aliphatic carbocycles. The molecule has 2 rings (SSSR count). The van der Waals surface area contributed by atoms with Gasteiger partial charge >= 0.3 is 0 Å². The summed E-state index contributed by atoms with van der Waals surface area (Å²) in [6, 6.07) is 6.04. The van der Waals surface area contributed by atoms with Crippen molar-refractivity contribution in [1.29, 1.82) is 0 Å². The molecule has 20 heavy (non-hydrogen) atoms. The Hall–Kier alpha value is -1.30. The Morgan fingerprint density at radius 3 is 2.65 bits per heavy atom. The fourth-order valence-corrected chi connectivity index (χ4v) is 2.93. The number of rotatable bonds is 2. The molecule has 104 valence electrons. The Morgan fingerprint density at radius 1 is 1.30 bits per heavy atom. The summed E-state index contributed by atoms with van der Waals surface area (Å²) in [5, 5.41) is 0.760. The molecule has 0 fully saturated rings. The molecule has 1 aromatic carbocycles. The number of hydrogen-bond acceptors (Lipinski definition) is 4. The maximum absolute atomic E-state index is 12.2. The number of carbonyl (C=O) groups is 1. The topological polar surface area (TPSA) is 52.0 Å². The number of hydrogen-bond donors (Lipinski definition) is 0. The summed E-state index contributed by atoms with van der Waals surface area (Å²) in [6.45, 7) is 1.70. The van der Waals surface area contributed by atoms with Crippen molar-refractivity contribution in [3.05, 3.63) is 55.9 Å². The molecule has 0 aliphatic heterocycles. The molecule has 1 heterocycles. The maximum Gasteiger partial charge on any atom is 0.254 e. The van der Waals surface area contributed by atoms with Gasteiger partial charge in [-0.3, -0.25) is 14.2 Å². The van der Waals surface area contributed by atoms with Crippen molar-refractivity contribution in [2.24, 2.45) is 7.05 Å². The van der Waals surface area contributed by atoms with Crippen LogP contribution in [0.5, 0.6) is 0 Å². The van der Waals surface area contributed by atoms with Crippen molar-refractivity contribution < 1.29 is 4.79 Å². The lowest BCUT2D eigenvalue weighted by Crippen LogP contribution is -2.20. The first-order valence-electron chi connectivity index (χ1n) is 5.60. The lowest BCUT2D eigenvalue weighted by Gasteiger charge is -2.07. The third-order valence-corrected chi connectivity index (χ3v) is 4.06. The molecule has 0 spiro atoms. The van der Waals surface area contributed by atoms with Crippen LogP contribution in [0.3, 0.4) is 0 Å². The number of aromatic nitrogens is 2. The number of aryl methyl sites for hydroxylation is 1. The first-order valence-corrected chi connectivity index (χ1v) is 7.17. The minimum Gasteiger partial charge on any atom is -0.290 e. The molecule has 0 N–H and O–H groups in total. The predicted octanol–water partition coefficient (Wildman–Crippen LogP) is 3.33. The van der Waals surface area contributed by atoms with Crippen molar-refractivity contribution in [1.82, 2.24) is 9.55 Å². The molecular weight excluding hydrogens is 319 g/mol. The molecule has 1 aromatic heterocycles. The Bertz CT molecular complexity index is 744. The van der Waals surface area contributed by atoms with E-state index in [0.29, 0.717) is 21.4 Å². The van der Waals surface area contributed by atoms with E-state index in [9.17, 15) is 9.59 Å². The summed E-state index contributed by atoms with van der Waals surface area (Å²) >= 11 is 12.6. The lowest BCUT2D eigenvalue weighted by molar-refractivity contribution is 0.108. The summed E-state index contributed by atoms with van der Waals surface area (Å²) in [4.78, 5) is 28.0. The van der Waals surface area contributed by atoms with E-state index in [1.807, 2.05) is 0 Å². The maximum atomic E-state index is 12.2. The first kappa shape index (κ1) is 15.1. The minimum absolute atomic E-state index is 0.213. The van der Waals surface area contributed by atoms with Crippen molar-refractivity contribution in [2.75, 3.05) is 0 Å². The third-order valence-electron chi connectivity index (χ3n) is 2.56. The second-order valence-corrected chi connectivity index (χ2v) is 5.87. The highest BCUT2D eigenvalue weighted by Crippen LogP contribution is 2.27. The van der Waals surface area contributed by atoms with E-state index < -0.39 is 0 Å². The quantitative estimate of drug-likeness (QED) is 0.626. The molecule has 0 saturated heterocycles. The van der Waals surface area contributed by atoms with Gasteiger partial charge in [0.05, 0.1) is 5.02 Å². The smallest absolute Gasteiger partial charge is 0.254 e. The van der Waals surface area contributed by atoms with Crippen LogP contribution in [0.1, 0.15) is 16.1 Å². The standard InChI is InChI=1S/C13H10Cl2N2O2S/c1-7-5-11(18)17(2)13(16-7)20-12(19)9-4-3-8(14)6-10(9)15/h3-6H,1-2H3. The molecule has 2 aromatic rings. The minimum atomic E-state index is -0.292. The zero-order valence-corrected chi connectivity index (χ0v) is 13.0. The average Bonchev–Trinajstić information content (AvgIpc) is 2.35. The van der Waals surface area contributed by atoms with Gasteiger partial charge in [0, 0.05) is 29.4 Å². The van der Waals surface area contributed by atoms with Gasteiger partial charge in [-0.2, -0.15) is 0 Å². The van der Waals surface area contributed by atoms with E-state index in [1.54, 1.807) is 26.1 Å². The largest absolute Gasteiger partial charge is 0.290 e. The molecular formula is C13H10Cl2N2O2S. The Labute approximate surface area is 129 Å². The monoisotopic (exact) mass is 328 g/mol. The summed E-state index contributed by atoms with van der Waals surface area (Å²) < 4.78 is 1.32. The van der Waals surface area contributed by atoms with Crippen LogP contribution in [-0.2, 0) is 7.05 Å². The number of carbonyl (C=O) groups excluding carboxylic acids is 1. The van der Waals surface area contributed by atoms with Crippen LogP contribution >= 0.6 is 35.0 Å². The fraction of sp³-hybridized carbons (Fsp3) is 0.154. The Morgan fingerprint density at radius 2 is 2.00 bits per heavy atom. The zero-order chi connectivity index (χ0) is 14.9. The van der Waals surface area contributed by atoms with Gasteiger partial charge in [0.15, 0.2) is 5.16 Å². The zero-order valence-electron chi connectivity index (χ0n) is 10.7. The van der Waals surface area contributed by atoms with Crippen molar-refractivity contribution >= 4 is 40.1 Å². The van der Waals surface area contributed by atoms with Gasteiger partial charge in [0.25, 0.3) is 5.56 Å². The highest BCUT2D eigenvalue weighted by atomic mass is 35.5. The SMILES string of the molecule is Cc1cc(=O)n(C)c(SC(=O)c2ccc(Cl)cc2Cl)n1. The van der Waals surface area contributed by atoms with Gasteiger partial charge in [0.2, 0.25) is 5.12 Å². The van der Waals surface area contributed by atoms with Crippen molar-refractivity contribution in [3.63, 3.8) is 0 Å². The van der Waals surface area contributed by atoms with Gasteiger partial charge in [-0.15, -0.1) is 0 Å². The van der Waals surface area contributed by atoms with E-state index in [-0.39, 0.29) is 15.7 Å². The van der Waals surface area contributed by atoms with E-state index in [4.69, 9.17) is 23.2 Å².